The van der Waals surface area contributed by atoms with Gasteiger partial charge >= 0.3 is 0 Å². The Balaban J connectivity index is 1.53. The number of rotatable bonds is 7. The van der Waals surface area contributed by atoms with E-state index in [1.54, 1.807) is 18.3 Å². The number of likely N-dealkylation sites (N-methyl/N-ethyl adjacent to an activating group) is 1. The van der Waals surface area contributed by atoms with Crippen molar-refractivity contribution in [2.45, 2.75) is 44.6 Å². The Kier molecular flexibility index (Phi) is 5.88. The molecule has 0 spiro atoms. The van der Waals surface area contributed by atoms with Crippen LogP contribution in [0.5, 0.6) is 0 Å². The van der Waals surface area contributed by atoms with Crippen LogP contribution in [0.15, 0.2) is 24.4 Å². The maximum absolute atomic E-state index is 12.3. The zero-order chi connectivity index (χ0) is 18.5. The van der Waals surface area contributed by atoms with Crippen molar-refractivity contribution in [3.8, 4) is 0 Å². The van der Waals surface area contributed by atoms with Gasteiger partial charge in [-0.1, -0.05) is 31.4 Å². The van der Waals surface area contributed by atoms with Crippen LogP contribution in [-0.4, -0.2) is 46.9 Å². The van der Waals surface area contributed by atoms with Crippen molar-refractivity contribution in [1.29, 1.82) is 0 Å². The molecule has 1 heterocycles. The highest BCUT2D eigenvalue weighted by Gasteiger charge is 2.18. The molecule has 1 saturated carbocycles. The highest BCUT2D eigenvalue weighted by atomic mass is 16.6. The van der Waals surface area contributed by atoms with E-state index in [0.717, 1.165) is 17.5 Å². The third kappa shape index (κ3) is 4.22. The van der Waals surface area contributed by atoms with Crippen LogP contribution >= 0.6 is 0 Å². The first-order valence-corrected chi connectivity index (χ1v) is 9.26. The van der Waals surface area contributed by atoms with Gasteiger partial charge in [0.25, 0.3) is 5.69 Å². The van der Waals surface area contributed by atoms with E-state index in [1.165, 1.54) is 38.2 Å². The molecule has 7 heteroatoms. The van der Waals surface area contributed by atoms with Gasteiger partial charge in [-0.2, -0.15) is 0 Å². The Morgan fingerprint density at radius 2 is 2.12 bits per heavy atom. The molecule has 0 radical (unpaired) electrons. The maximum Gasteiger partial charge on any atom is 0.293 e. The number of nitro benzene ring substituents is 1. The molecule has 0 bridgehead atoms. The molecule has 1 aliphatic rings. The molecule has 0 atom stereocenters. The van der Waals surface area contributed by atoms with Crippen molar-refractivity contribution in [1.82, 2.24) is 15.2 Å². The van der Waals surface area contributed by atoms with Gasteiger partial charge in [-0.05, 0) is 25.5 Å². The van der Waals surface area contributed by atoms with Crippen molar-refractivity contribution < 1.29 is 9.72 Å². The standard InChI is InChI=1S/C19H26N4O3/c1-22(15-6-3-2-4-7-15)11-10-20-18(24)12-14-13-21-19-16(14)8-5-9-17(19)23(25)26/h5,8-9,13,15,21H,2-4,6-7,10-12H2,1H3,(H,20,24). The predicted molar refractivity (Wildman–Crippen MR) is 101 cm³/mol. The number of fused-ring (bicyclic) bond motifs is 1. The monoisotopic (exact) mass is 358 g/mol. The number of nitrogens with one attached hydrogen (secondary N) is 2. The molecule has 0 saturated heterocycles. The number of benzene rings is 1. The van der Waals surface area contributed by atoms with Gasteiger partial charge < -0.3 is 15.2 Å². The van der Waals surface area contributed by atoms with Crippen LogP contribution in [0.4, 0.5) is 5.69 Å². The van der Waals surface area contributed by atoms with Crippen LogP contribution in [0.25, 0.3) is 10.9 Å². The van der Waals surface area contributed by atoms with Crippen LogP contribution in [0, 0.1) is 10.1 Å². The molecule has 7 nitrogen and oxygen atoms in total. The molecule has 2 N–H and O–H groups in total. The first-order valence-electron chi connectivity index (χ1n) is 9.26. The Hall–Kier alpha value is -2.41. The Morgan fingerprint density at radius 3 is 2.85 bits per heavy atom. The van der Waals surface area contributed by atoms with E-state index in [-0.39, 0.29) is 18.0 Å². The first-order chi connectivity index (χ1) is 12.6. The summed E-state index contributed by atoms with van der Waals surface area (Å²) in [5.41, 5.74) is 1.28. The number of non-ortho nitro benzene ring substituents is 1. The van der Waals surface area contributed by atoms with Crippen molar-refractivity contribution >= 4 is 22.5 Å². The number of H-pyrrole nitrogens is 1. The molecule has 26 heavy (non-hydrogen) atoms. The number of para-hydroxylation sites is 1. The highest BCUT2D eigenvalue weighted by Crippen LogP contribution is 2.27. The molecule has 1 aliphatic carbocycles. The number of hydrogen-bond acceptors (Lipinski definition) is 4. The fourth-order valence-electron chi connectivity index (χ4n) is 3.81. The minimum atomic E-state index is -0.413. The Morgan fingerprint density at radius 1 is 1.35 bits per heavy atom. The molecule has 0 aliphatic heterocycles. The lowest BCUT2D eigenvalue weighted by Crippen LogP contribution is -2.39. The second kappa shape index (κ2) is 8.31. The van der Waals surface area contributed by atoms with Crippen LogP contribution in [0.3, 0.4) is 0 Å². The molecule has 0 unspecified atom stereocenters. The number of carbonyl (C=O) groups excluding carboxylic acids is 1. The summed E-state index contributed by atoms with van der Waals surface area (Å²) in [6, 6.07) is 5.55. The molecule has 3 rings (SSSR count). The van der Waals surface area contributed by atoms with Gasteiger partial charge in [0.1, 0.15) is 5.52 Å². The molecule has 1 amide bonds. The van der Waals surface area contributed by atoms with Crippen molar-refractivity contribution in [3.05, 3.63) is 40.1 Å². The summed E-state index contributed by atoms with van der Waals surface area (Å²) in [7, 11) is 2.13. The Bertz CT molecular complexity index is 780. The normalized spacial score (nSPS) is 15.5. The van der Waals surface area contributed by atoms with E-state index >= 15 is 0 Å². The number of nitro groups is 1. The summed E-state index contributed by atoms with van der Waals surface area (Å²) in [4.78, 5) is 28.2. The number of amides is 1. The third-order valence-corrected chi connectivity index (χ3v) is 5.31. The molecule has 2 aromatic rings. The van der Waals surface area contributed by atoms with Gasteiger partial charge in [-0.25, -0.2) is 0 Å². The molecular formula is C19H26N4O3. The minimum absolute atomic E-state index is 0.0308. The van der Waals surface area contributed by atoms with Crippen LogP contribution in [0.2, 0.25) is 0 Å². The van der Waals surface area contributed by atoms with E-state index in [0.29, 0.717) is 18.1 Å². The Labute approximate surface area is 152 Å². The third-order valence-electron chi connectivity index (χ3n) is 5.31. The maximum atomic E-state index is 12.3. The van der Waals surface area contributed by atoms with E-state index in [4.69, 9.17) is 0 Å². The smallest absolute Gasteiger partial charge is 0.293 e. The van der Waals surface area contributed by atoms with E-state index in [1.807, 2.05) is 0 Å². The molecule has 1 aromatic carbocycles. The molecule has 140 valence electrons. The summed E-state index contributed by atoms with van der Waals surface area (Å²) in [5, 5.41) is 14.8. The molecular weight excluding hydrogens is 332 g/mol. The van der Waals surface area contributed by atoms with Gasteiger partial charge in [0, 0.05) is 36.8 Å². The fourth-order valence-corrected chi connectivity index (χ4v) is 3.81. The number of nitrogens with zero attached hydrogens (tertiary/aromatic N) is 2. The van der Waals surface area contributed by atoms with Gasteiger partial charge in [0.15, 0.2) is 0 Å². The van der Waals surface area contributed by atoms with Gasteiger partial charge in [-0.3, -0.25) is 14.9 Å². The fraction of sp³-hybridized carbons (Fsp3) is 0.526. The molecule has 1 fully saturated rings. The lowest BCUT2D eigenvalue weighted by molar-refractivity contribution is -0.383. The lowest BCUT2D eigenvalue weighted by Gasteiger charge is -2.31. The highest BCUT2D eigenvalue weighted by molar-refractivity contribution is 5.93. The van der Waals surface area contributed by atoms with Crippen LogP contribution in [-0.2, 0) is 11.2 Å². The zero-order valence-electron chi connectivity index (χ0n) is 15.2. The number of hydrogen-bond donors (Lipinski definition) is 2. The topological polar surface area (TPSA) is 91.3 Å². The number of aromatic amines is 1. The summed E-state index contributed by atoms with van der Waals surface area (Å²) in [5.74, 6) is -0.0607. The second-order valence-electron chi connectivity index (χ2n) is 7.07. The van der Waals surface area contributed by atoms with Crippen molar-refractivity contribution in [2.24, 2.45) is 0 Å². The van der Waals surface area contributed by atoms with E-state index in [9.17, 15) is 14.9 Å². The predicted octanol–water partition coefficient (Wildman–Crippen LogP) is 3.00. The van der Waals surface area contributed by atoms with E-state index < -0.39 is 4.92 Å². The second-order valence-corrected chi connectivity index (χ2v) is 7.07. The van der Waals surface area contributed by atoms with Crippen molar-refractivity contribution in [2.75, 3.05) is 20.1 Å². The summed E-state index contributed by atoms with van der Waals surface area (Å²) < 4.78 is 0. The van der Waals surface area contributed by atoms with Crippen LogP contribution in [0.1, 0.15) is 37.7 Å². The lowest BCUT2D eigenvalue weighted by atomic mass is 9.94. The largest absolute Gasteiger partial charge is 0.355 e. The van der Waals surface area contributed by atoms with Gasteiger partial charge in [0.2, 0.25) is 5.91 Å². The number of aromatic nitrogens is 1. The SMILES string of the molecule is CN(CCNC(=O)Cc1c[nH]c2c([N+](=O)[O-])cccc12)C1CCCCC1. The summed E-state index contributed by atoms with van der Waals surface area (Å²) in [6.45, 7) is 1.46. The minimum Gasteiger partial charge on any atom is -0.355 e. The first kappa shape index (κ1) is 18.4. The number of carbonyl (C=O) groups is 1. The summed E-state index contributed by atoms with van der Waals surface area (Å²) >= 11 is 0. The zero-order valence-corrected chi connectivity index (χ0v) is 15.2. The van der Waals surface area contributed by atoms with Crippen molar-refractivity contribution in [3.63, 3.8) is 0 Å². The molecule has 1 aromatic heterocycles. The summed E-state index contributed by atoms with van der Waals surface area (Å²) in [6.07, 6.45) is 8.34. The average Bonchev–Trinajstić information content (AvgIpc) is 3.05. The average molecular weight is 358 g/mol. The van der Waals surface area contributed by atoms with Gasteiger partial charge in [0.05, 0.1) is 11.3 Å². The quantitative estimate of drug-likeness (QED) is 0.588. The van der Waals surface area contributed by atoms with Crippen LogP contribution < -0.4 is 5.32 Å². The van der Waals surface area contributed by atoms with E-state index in [2.05, 4.69) is 22.2 Å². The van der Waals surface area contributed by atoms with Gasteiger partial charge in [-0.15, -0.1) is 0 Å².